The Kier molecular flexibility index (Phi) is 5.85. The number of hydrogen-bond acceptors (Lipinski definition) is 6. The van der Waals surface area contributed by atoms with Crippen LogP contribution in [0.15, 0.2) is 41.8 Å². The lowest BCUT2D eigenvalue weighted by Gasteiger charge is -2.41. The van der Waals surface area contributed by atoms with E-state index in [1.807, 2.05) is 26.0 Å². The first-order chi connectivity index (χ1) is 12.4. The minimum absolute atomic E-state index is 0.277. The number of nitrogens with zero attached hydrogens (tertiary/aromatic N) is 2. The van der Waals surface area contributed by atoms with Crippen molar-refractivity contribution in [1.82, 2.24) is 0 Å². The average molecular weight is 388 g/mol. The first kappa shape index (κ1) is 20.8. The zero-order valence-electron chi connectivity index (χ0n) is 16.5. The summed E-state index contributed by atoms with van der Waals surface area (Å²) in [5, 5.41) is -0.134. The molecular formula is C20H24N2O4S. The lowest BCUT2D eigenvalue weighted by atomic mass is 9.97. The van der Waals surface area contributed by atoms with Crippen molar-refractivity contribution < 1.29 is 19.1 Å². The van der Waals surface area contributed by atoms with Crippen LogP contribution in [-0.4, -0.2) is 22.0 Å². The number of fused-ring (bicyclic) bond motifs is 1. The van der Waals surface area contributed by atoms with E-state index in [0.29, 0.717) is 16.4 Å². The van der Waals surface area contributed by atoms with Crippen LogP contribution in [0.3, 0.4) is 0 Å². The highest BCUT2D eigenvalue weighted by Crippen LogP contribution is 2.45. The Bertz CT molecular complexity index is 871. The number of carbonyl (C=O) groups excluding carboxylic acids is 2. The molecule has 144 valence electrons. The minimum atomic E-state index is -0.931. The molecular weight excluding hydrogens is 364 g/mol. The molecule has 1 amide bonds. The quantitative estimate of drug-likeness (QED) is 0.459. The standard InChI is InChI=1S/C20H24N2O4S/c1-11(2)25-18(23)22-15-10-9-13(5)14(6)16(15)21-17(20(22,7)8)27-19(24)26-12(3)4/h9-10H,1,3H2,2,4-8H3. The van der Waals surface area contributed by atoms with Crippen molar-refractivity contribution in [2.45, 2.75) is 47.1 Å². The number of ether oxygens (including phenoxy) is 2. The molecule has 0 aliphatic carbocycles. The van der Waals surface area contributed by atoms with Crippen molar-refractivity contribution in [2.75, 3.05) is 4.90 Å². The SMILES string of the molecule is C=C(C)OC(=O)SC1=Nc2c(ccc(C)c2C)N(C(=O)OC(=C)C)C1(C)C. The summed E-state index contributed by atoms with van der Waals surface area (Å²) in [6, 6.07) is 3.75. The summed E-state index contributed by atoms with van der Waals surface area (Å²) in [6.45, 7) is 17.9. The lowest BCUT2D eigenvalue weighted by Crippen LogP contribution is -2.54. The van der Waals surface area contributed by atoms with Gasteiger partial charge in [0.25, 0.3) is 0 Å². The van der Waals surface area contributed by atoms with Crippen LogP contribution < -0.4 is 4.90 Å². The van der Waals surface area contributed by atoms with E-state index in [2.05, 4.69) is 13.2 Å². The number of thioether (sulfide) groups is 1. The molecule has 0 bridgehead atoms. The highest BCUT2D eigenvalue weighted by molar-refractivity contribution is 8.26. The number of aryl methyl sites for hydroxylation is 1. The molecule has 1 aliphatic rings. The maximum absolute atomic E-state index is 12.8. The van der Waals surface area contributed by atoms with E-state index in [9.17, 15) is 9.59 Å². The maximum Gasteiger partial charge on any atom is 0.420 e. The van der Waals surface area contributed by atoms with Crippen LogP contribution in [-0.2, 0) is 9.47 Å². The second-order valence-electron chi connectivity index (χ2n) is 6.91. The largest absolute Gasteiger partial charge is 0.424 e. The second kappa shape index (κ2) is 7.60. The molecule has 0 fully saturated rings. The van der Waals surface area contributed by atoms with E-state index < -0.39 is 16.9 Å². The molecule has 0 atom stereocenters. The van der Waals surface area contributed by atoms with Gasteiger partial charge in [-0.2, -0.15) is 0 Å². The fourth-order valence-corrected chi connectivity index (χ4v) is 3.47. The summed E-state index contributed by atoms with van der Waals surface area (Å²) >= 11 is 0.830. The molecule has 0 N–H and O–H groups in total. The van der Waals surface area contributed by atoms with Crippen molar-refractivity contribution in [3.8, 4) is 0 Å². The molecule has 1 aromatic carbocycles. The molecule has 1 aromatic rings. The Morgan fingerprint density at radius 1 is 1.11 bits per heavy atom. The van der Waals surface area contributed by atoms with Crippen LogP contribution in [0.1, 0.15) is 38.8 Å². The lowest BCUT2D eigenvalue weighted by molar-refractivity contribution is 0.180. The van der Waals surface area contributed by atoms with Gasteiger partial charge in [0.15, 0.2) is 0 Å². The van der Waals surface area contributed by atoms with Gasteiger partial charge in [-0.1, -0.05) is 19.2 Å². The van der Waals surface area contributed by atoms with Crippen LogP contribution in [0.25, 0.3) is 0 Å². The van der Waals surface area contributed by atoms with Crippen molar-refractivity contribution in [1.29, 1.82) is 0 Å². The molecule has 27 heavy (non-hydrogen) atoms. The summed E-state index contributed by atoms with van der Waals surface area (Å²) in [7, 11) is 0. The summed E-state index contributed by atoms with van der Waals surface area (Å²) in [4.78, 5) is 31.2. The number of amides is 1. The number of carbonyl (C=O) groups is 2. The van der Waals surface area contributed by atoms with E-state index >= 15 is 0 Å². The fourth-order valence-electron chi connectivity index (χ4n) is 2.65. The highest BCUT2D eigenvalue weighted by Gasteiger charge is 2.44. The maximum atomic E-state index is 12.8. The first-order valence-corrected chi connectivity index (χ1v) is 9.19. The van der Waals surface area contributed by atoms with Gasteiger partial charge in [-0.15, -0.1) is 0 Å². The van der Waals surface area contributed by atoms with Crippen LogP contribution in [0.4, 0.5) is 21.0 Å². The number of rotatable bonds is 2. The third-order valence-corrected chi connectivity index (χ3v) is 5.13. The van der Waals surface area contributed by atoms with Crippen molar-refractivity contribution >= 4 is 39.6 Å². The molecule has 2 rings (SSSR count). The molecule has 7 heteroatoms. The molecule has 0 radical (unpaired) electrons. The third-order valence-electron chi connectivity index (χ3n) is 4.10. The predicted molar refractivity (Wildman–Crippen MR) is 110 cm³/mol. The first-order valence-electron chi connectivity index (χ1n) is 8.37. The third kappa shape index (κ3) is 4.24. The van der Waals surface area contributed by atoms with E-state index in [1.165, 1.54) is 4.90 Å². The number of anilines is 1. The van der Waals surface area contributed by atoms with Gasteiger partial charge in [-0.25, -0.2) is 14.6 Å². The zero-order valence-corrected chi connectivity index (χ0v) is 17.3. The number of benzene rings is 1. The van der Waals surface area contributed by atoms with Crippen molar-refractivity contribution in [2.24, 2.45) is 4.99 Å². The molecule has 1 heterocycles. The summed E-state index contributed by atoms with van der Waals surface area (Å²) in [6.07, 6.45) is -0.585. The Morgan fingerprint density at radius 3 is 2.26 bits per heavy atom. The Labute approximate surface area is 163 Å². The topological polar surface area (TPSA) is 68.2 Å². The Hall–Kier alpha value is -2.54. The van der Waals surface area contributed by atoms with Gasteiger partial charge in [-0.3, -0.25) is 4.90 Å². The summed E-state index contributed by atoms with van der Waals surface area (Å²) in [5.74, 6) is 0.562. The highest BCUT2D eigenvalue weighted by atomic mass is 32.2. The van der Waals surface area contributed by atoms with E-state index in [0.717, 1.165) is 22.9 Å². The van der Waals surface area contributed by atoms with E-state index in [4.69, 9.17) is 14.5 Å². The molecule has 0 saturated heterocycles. The summed E-state index contributed by atoms with van der Waals surface area (Å²) in [5.41, 5.74) is 2.26. The van der Waals surface area contributed by atoms with Crippen LogP contribution in [0.5, 0.6) is 0 Å². The van der Waals surface area contributed by atoms with Gasteiger partial charge in [0.1, 0.15) is 5.04 Å². The number of allylic oxidation sites excluding steroid dienone is 2. The number of hydrogen-bond donors (Lipinski definition) is 0. The van der Waals surface area contributed by atoms with Gasteiger partial charge in [-0.05, 0) is 58.7 Å². The normalized spacial score (nSPS) is 14.7. The number of aliphatic imine (C=N–C) groups is 1. The van der Waals surface area contributed by atoms with Crippen molar-refractivity contribution in [3.05, 3.63) is 47.9 Å². The van der Waals surface area contributed by atoms with Crippen LogP contribution >= 0.6 is 11.8 Å². The Morgan fingerprint density at radius 2 is 1.70 bits per heavy atom. The average Bonchev–Trinajstić information content (AvgIpc) is 2.50. The molecule has 0 unspecified atom stereocenters. The van der Waals surface area contributed by atoms with Gasteiger partial charge in [0.05, 0.1) is 28.4 Å². The van der Waals surface area contributed by atoms with E-state index in [1.54, 1.807) is 27.7 Å². The minimum Gasteiger partial charge on any atom is -0.424 e. The monoisotopic (exact) mass is 388 g/mol. The summed E-state index contributed by atoms with van der Waals surface area (Å²) < 4.78 is 10.3. The molecule has 0 saturated carbocycles. The molecule has 6 nitrogen and oxygen atoms in total. The second-order valence-corrected chi connectivity index (χ2v) is 7.84. The zero-order chi connectivity index (χ0) is 20.5. The van der Waals surface area contributed by atoms with E-state index in [-0.39, 0.29) is 11.5 Å². The van der Waals surface area contributed by atoms with Gasteiger partial charge in [0, 0.05) is 11.8 Å². The molecule has 1 aliphatic heterocycles. The van der Waals surface area contributed by atoms with Gasteiger partial charge < -0.3 is 9.47 Å². The van der Waals surface area contributed by atoms with Crippen molar-refractivity contribution in [3.63, 3.8) is 0 Å². The smallest absolute Gasteiger partial charge is 0.420 e. The molecule has 0 spiro atoms. The molecule has 0 aromatic heterocycles. The predicted octanol–water partition coefficient (Wildman–Crippen LogP) is 6.01. The van der Waals surface area contributed by atoms with Crippen LogP contribution in [0.2, 0.25) is 0 Å². The van der Waals surface area contributed by atoms with Gasteiger partial charge in [0.2, 0.25) is 0 Å². The Balaban J connectivity index is 2.60. The van der Waals surface area contributed by atoms with Gasteiger partial charge >= 0.3 is 11.4 Å². The fraction of sp³-hybridized carbons (Fsp3) is 0.350. The van der Waals surface area contributed by atoms with Crippen LogP contribution in [0, 0.1) is 13.8 Å².